The van der Waals surface area contributed by atoms with Crippen LogP contribution in [0.15, 0.2) is 48.5 Å². The average molecular weight is 266 g/mol. The molecular weight excluding hydrogens is 253 g/mol. The van der Waals surface area contributed by atoms with Gasteiger partial charge in [-0.25, -0.2) is 0 Å². The Balaban J connectivity index is 2.14. The highest BCUT2D eigenvalue weighted by atomic mass is 35.5. The molecule has 0 aliphatic rings. The molecule has 0 radical (unpaired) electrons. The summed E-state index contributed by atoms with van der Waals surface area (Å²) in [5, 5.41) is 1.48. The molecular formula is C14H13Cl2N. The Morgan fingerprint density at radius 2 is 1.59 bits per heavy atom. The smallest absolute Gasteiger partial charge is 0.0438 e. The van der Waals surface area contributed by atoms with E-state index in [1.54, 1.807) is 0 Å². The van der Waals surface area contributed by atoms with Gasteiger partial charge in [0, 0.05) is 16.1 Å². The molecule has 0 spiro atoms. The van der Waals surface area contributed by atoms with E-state index in [4.69, 9.17) is 28.9 Å². The lowest BCUT2D eigenvalue weighted by molar-refractivity contribution is 0.722. The van der Waals surface area contributed by atoms with Gasteiger partial charge in [0.25, 0.3) is 0 Å². The minimum Gasteiger partial charge on any atom is -0.324 e. The van der Waals surface area contributed by atoms with Crippen molar-refractivity contribution in [3.05, 3.63) is 69.7 Å². The Morgan fingerprint density at radius 1 is 0.941 bits per heavy atom. The maximum absolute atomic E-state index is 6.14. The van der Waals surface area contributed by atoms with Crippen LogP contribution in [0.3, 0.4) is 0 Å². The van der Waals surface area contributed by atoms with Crippen LogP contribution in [-0.2, 0) is 6.42 Å². The molecule has 2 aromatic rings. The van der Waals surface area contributed by atoms with Gasteiger partial charge in [0.05, 0.1) is 0 Å². The third kappa shape index (κ3) is 3.22. The Hall–Kier alpha value is -1.02. The third-order valence-corrected chi connectivity index (χ3v) is 3.32. The third-order valence-electron chi connectivity index (χ3n) is 2.70. The minimum atomic E-state index is -0.0628. The topological polar surface area (TPSA) is 26.0 Å². The molecule has 17 heavy (non-hydrogen) atoms. The van der Waals surface area contributed by atoms with Crippen LogP contribution in [0.5, 0.6) is 0 Å². The second-order valence-corrected chi connectivity index (χ2v) is 4.80. The van der Waals surface area contributed by atoms with Gasteiger partial charge in [-0.3, -0.25) is 0 Å². The molecule has 2 N–H and O–H groups in total. The number of rotatable bonds is 3. The number of benzene rings is 2. The summed E-state index contributed by atoms with van der Waals surface area (Å²) in [5.41, 5.74) is 8.27. The summed E-state index contributed by atoms with van der Waals surface area (Å²) in [5.74, 6) is 0. The molecule has 1 unspecified atom stereocenters. The molecule has 0 saturated heterocycles. The summed E-state index contributed by atoms with van der Waals surface area (Å²) in [7, 11) is 0. The normalized spacial score (nSPS) is 12.4. The lowest BCUT2D eigenvalue weighted by Gasteiger charge is -2.13. The molecule has 0 fully saturated rings. The van der Waals surface area contributed by atoms with Crippen molar-refractivity contribution in [1.82, 2.24) is 0 Å². The molecule has 1 atom stereocenters. The summed E-state index contributed by atoms with van der Waals surface area (Å²) < 4.78 is 0. The van der Waals surface area contributed by atoms with E-state index in [0.717, 1.165) is 27.6 Å². The van der Waals surface area contributed by atoms with Gasteiger partial charge in [-0.2, -0.15) is 0 Å². The fraction of sp³-hybridized carbons (Fsp3) is 0.143. The molecule has 0 bridgehead atoms. The molecule has 0 aliphatic heterocycles. The highest BCUT2D eigenvalue weighted by molar-refractivity contribution is 6.31. The van der Waals surface area contributed by atoms with E-state index in [1.165, 1.54) is 0 Å². The lowest BCUT2D eigenvalue weighted by atomic mass is 10.00. The van der Waals surface area contributed by atoms with Crippen molar-refractivity contribution in [3.63, 3.8) is 0 Å². The first-order valence-electron chi connectivity index (χ1n) is 5.41. The number of hydrogen-bond donors (Lipinski definition) is 1. The van der Waals surface area contributed by atoms with E-state index in [9.17, 15) is 0 Å². The average Bonchev–Trinajstić information content (AvgIpc) is 2.33. The molecule has 0 aliphatic carbocycles. The molecule has 0 amide bonds. The number of halogens is 2. The van der Waals surface area contributed by atoms with Crippen molar-refractivity contribution in [2.24, 2.45) is 5.73 Å². The van der Waals surface area contributed by atoms with E-state index >= 15 is 0 Å². The zero-order valence-electron chi connectivity index (χ0n) is 9.24. The van der Waals surface area contributed by atoms with Gasteiger partial charge in [-0.15, -0.1) is 0 Å². The van der Waals surface area contributed by atoms with Gasteiger partial charge < -0.3 is 5.73 Å². The van der Waals surface area contributed by atoms with Crippen LogP contribution < -0.4 is 5.73 Å². The maximum atomic E-state index is 6.14. The SMILES string of the molecule is NC(Cc1ccccc1Cl)c1ccc(Cl)cc1. The van der Waals surface area contributed by atoms with Crippen molar-refractivity contribution < 1.29 is 0 Å². The zero-order valence-corrected chi connectivity index (χ0v) is 10.7. The fourth-order valence-electron chi connectivity index (χ4n) is 1.73. The lowest BCUT2D eigenvalue weighted by Crippen LogP contribution is -2.13. The molecule has 1 nitrogen and oxygen atoms in total. The summed E-state index contributed by atoms with van der Waals surface area (Å²) >= 11 is 11.9. The standard InChI is InChI=1S/C14H13Cl2N/c15-12-7-5-10(6-8-12)14(17)9-11-3-1-2-4-13(11)16/h1-8,14H,9,17H2. The van der Waals surface area contributed by atoms with Gasteiger partial charge in [0.1, 0.15) is 0 Å². The number of hydrogen-bond acceptors (Lipinski definition) is 1. The Bertz CT molecular complexity index is 494. The molecule has 0 heterocycles. The Morgan fingerprint density at radius 3 is 2.24 bits per heavy atom. The van der Waals surface area contributed by atoms with Crippen LogP contribution in [0.1, 0.15) is 17.2 Å². The van der Waals surface area contributed by atoms with Crippen LogP contribution in [0.25, 0.3) is 0 Å². The maximum Gasteiger partial charge on any atom is 0.0438 e. The van der Waals surface area contributed by atoms with Gasteiger partial charge in [0.2, 0.25) is 0 Å². The van der Waals surface area contributed by atoms with Crippen LogP contribution in [-0.4, -0.2) is 0 Å². The summed E-state index contributed by atoms with van der Waals surface area (Å²) in [6.07, 6.45) is 0.724. The second kappa shape index (κ2) is 5.54. The quantitative estimate of drug-likeness (QED) is 0.883. The van der Waals surface area contributed by atoms with E-state index in [0.29, 0.717) is 0 Å². The Kier molecular flexibility index (Phi) is 4.06. The van der Waals surface area contributed by atoms with Crippen molar-refractivity contribution >= 4 is 23.2 Å². The second-order valence-electron chi connectivity index (χ2n) is 3.95. The summed E-state index contributed by atoms with van der Waals surface area (Å²) in [4.78, 5) is 0. The van der Waals surface area contributed by atoms with Crippen LogP contribution in [0.4, 0.5) is 0 Å². The van der Waals surface area contributed by atoms with Crippen LogP contribution in [0.2, 0.25) is 10.0 Å². The molecule has 0 aromatic heterocycles. The Labute approximate surface area is 111 Å². The predicted molar refractivity (Wildman–Crippen MR) is 73.5 cm³/mol. The van der Waals surface area contributed by atoms with Crippen molar-refractivity contribution in [2.45, 2.75) is 12.5 Å². The zero-order chi connectivity index (χ0) is 12.3. The highest BCUT2D eigenvalue weighted by Crippen LogP contribution is 2.22. The van der Waals surface area contributed by atoms with Gasteiger partial charge >= 0.3 is 0 Å². The largest absolute Gasteiger partial charge is 0.324 e. The van der Waals surface area contributed by atoms with E-state index in [1.807, 2.05) is 48.5 Å². The first-order valence-corrected chi connectivity index (χ1v) is 6.17. The van der Waals surface area contributed by atoms with Gasteiger partial charge in [-0.05, 0) is 35.7 Å². The minimum absolute atomic E-state index is 0.0628. The predicted octanol–water partition coefficient (Wildman–Crippen LogP) is 4.24. The van der Waals surface area contributed by atoms with Crippen molar-refractivity contribution in [1.29, 1.82) is 0 Å². The van der Waals surface area contributed by atoms with E-state index in [2.05, 4.69) is 0 Å². The van der Waals surface area contributed by atoms with Gasteiger partial charge in [-0.1, -0.05) is 53.5 Å². The van der Waals surface area contributed by atoms with Crippen molar-refractivity contribution in [3.8, 4) is 0 Å². The van der Waals surface area contributed by atoms with Gasteiger partial charge in [0.15, 0.2) is 0 Å². The van der Waals surface area contributed by atoms with Crippen LogP contribution >= 0.6 is 23.2 Å². The molecule has 2 rings (SSSR count). The van der Waals surface area contributed by atoms with E-state index in [-0.39, 0.29) is 6.04 Å². The van der Waals surface area contributed by atoms with E-state index < -0.39 is 0 Å². The molecule has 0 saturated carbocycles. The molecule has 88 valence electrons. The number of nitrogens with two attached hydrogens (primary N) is 1. The summed E-state index contributed by atoms with van der Waals surface area (Å²) in [6.45, 7) is 0. The highest BCUT2D eigenvalue weighted by Gasteiger charge is 2.08. The monoisotopic (exact) mass is 265 g/mol. The first-order chi connectivity index (χ1) is 8.16. The van der Waals surface area contributed by atoms with Crippen LogP contribution in [0, 0.1) is 0 Å². The molecule has 3 heteroatoms. The molecule has 2 aromatic carbocycles. The van der Waals surface area contributed by atoms with Crippen molar-refractivity contribution in [2.75, 3.05) is 0 Å². The summed E-state index contributed by atoms with van der Waals surface area (Å²) in [6, 6.07) is 15.3. The fourth-order valence-corrected chi connectivity index (χ4v) is 2.07. The first kappa shape index (κ1) is 12.4.